The van der Waals surface area contributed by atoms with Crippen LogP contribution in [-0.4, -0.2) is 61.4 Å². The number of carboxylic acids is 1. The summed E-state index contributed by atoms with van der Waals surface area (Å²) in [6.07, 6.45) is 0.0787. The smallest absolute Gasteiger partial charge is 0.304 e. The van der Waals surface area contributed by atoms with E-state index in [2.05, 4.69) is 0 Å². The summed E-state index contributed by atoms with van der Waals surface area (Å²) in [5, 5.41) is 13.4. The van der Waals surface area contributed by atoms with Crippen LogP contribution in [0.2, 0.25) is 0 Å². The second kappa shape index (κ2) is 6.36. The first-order valence-electron chi connectivity index (χ1n) is 4.61. The van der Waals surface area contributed by atoms with Crippen LogP contribution in [0.15, 0.2) is 0 Å². The fraction of sp³-hybridized carbons (Fsp3) is 0.857. The Hall–Kier alpha value is -0.410. The van der Waals surface area contributed by atoms with Gasteiger partial charge in [-0.2, -0.15) is 12.7 Å². The monoisotopic (exact) mass is 273 g/mol. The minimum Gasteiger partial charge on any atom is -0.481 e. The lowest BCUT2D eigenvalue weighted by Crippen LogP contribution is -2.50. The van der Waals surface area contributed by atoms with Gasteiger partial charge in [0.15, 0.2) is 0 Å². The highest BCUT2D eigenvalue weighted by Crippen LogP contribution is 2.04. The largest absolute Gasteiger partial charge is 0.481 e. The molecular weight excluding hydrogens is 258 g/mol. The fourth-order valence-corrected chi connectivity index (χ4v) is 2.13. The highest BCUT2D eigenvalue weighted by Gasteiger charge is 2.23. The number of hydrogen-bond acceptors (Lipinski definition) is 4. The van der Waals surface area contributed by atoms with E-state index in [1.165, 1.54) is 4.31 Å². The Bertz CT molecular complexity index is 327. The molecule has 1 rings (SSSR count). The minimum absolute atomic E-state index is 0. The Morgan fingerprint density at radius 1 is 1.25 bits per heavy atom. The van der Waals surface area contributed by atoms with Crippen molar-refractivity contribution in [3.63, 3.8) is 0 Å². The van der Waals surface area contributed by atoms with Crippen LogP contribution in [0.4, 0.5) is 0 Å². The van der Waals surface area contributed by atoms with Crippen LogP contribution in [0.25, 0.3) is 0 Å². The van der Waals surface area contributed by atoms with Gasteiger partial charge in [-0.1, -0.05) is 0 Å². The number of aliphatic carboxylic acids is 1. The van der Waals surface area contributed by atoms with Crippen LogP contribution in [0.1, 0.15) is 6.42 Å². The molecule has 1 aliphatic heterocycles. The third-order valence-corrected chi connectivity index (χ3v) is 3.42. The van der Waals surface area contributed by atoms with Gasteiger partial charge in [0, 0.05) is 32.7 Å². The zero-order chi connectivity index (χ0) is 11.5. The lowest BCUT2D eigenvalue weighted by Gasteiger charge is -2.32. The molecule has 0 aliphatic carbocycles. The molecule has 0 amide bonds. The molecule has 0 aromatic heterocycles. The summed E-state index contributed by atoms with van der Waals surface area (Å²) in [4.78, 5) is 12.2. The van der Waals surface area contributed by atoms with Crippen molar-refractivity contribution in [3.8, 4) is 0 Å². The summed E-state index contributed by atoms with van der Waals surface area (Å²) in [5.74, 6) is -0.844. The average molecular weight is 274 g/mol. The molecule has 16 heavy (non-hydrogen) atoms. The van der Waals surface area contributed by atoms with Crippen LogP contribution in [0, 0.1) is 0 Å². The van der Waals surface area contributed by atoms with E-state index in [0.29, 0.717) is 32.7 Å². The Morgan fingerprint density at radius 2 is 1.75 bits per heavy atom. The Kier molecular flexibility index (Phi) is 6.19. The predicted octanol–water partition coefficient (Wildman–Crippen LogP) is -1.30. The van der Waals surface area contributed by atoms with Gasteiger partial charge in [-0.3, -0.25) is 4.79 Å². The van der Waals surface area contributed by atoms with Gasteiger partial charge in [-0.15, -0.1) is 12.4 Å². The van der Waals surface area contributed by atoms with Gasteiger partial charge >= 0.3 is 5.97 Å². The molecule has 1 fully saturated rings. The average Bonchev–Trinajstić information content (AvgIpc) is 2.14. The summed E-state index contributed by atoms with van der Waals surface area (Å²) < 4.78 is 23.1. The van der Waals surface area contributed by atoms with Crippen molar-refractivity contribution < 1.29 is 18.3 Å². The van der Waals surface area contributed by atoms with Gasteiger partial charge < -0.3 is 10.0 Å². The molecule has 1 saturated heterocycles. The van der Waals surface area contributed by atoms with E-state index in [1.807, 2.05) is 4.90 Å². The molecule has 7 nitrogen and oxygen atoms in total. The maximum Gasteiger partial charge on any atom is 0.304 e. The lowest BCUT2D eigenvalue weighted by atomic mass is 10.3. The third-order valence-electron chi connectivity index (χ3n) is 2.33. The van der Waals surface area contributed by atoms with E-state index in [1.54, 1.807) is 0 Å². The zero-order valence-electron chi connectivity index (χ0n) is 8.70. The fourth-order valence-electron chi connectivity index (χ4n) is 1.46. The molecule has 3 N–H and O–H groups in total. The molecule has 9 heteroatoms. The van der Waals surface area contributed by atoms with Crippen molar-refractivity contribution in [1.82, 2.24) is 9.21 Å². The number of hydrogen-bond donors (Lipinski definition) is 2. The van der Waals surface area contributed by atoms with Gasteiger partial charge in [0.25, 0.3) is 10.2 Å². The standard InChI is InChI=1S/C7H15N3O4S.ClH/c8-15(13,14)10-5-3-9(4-6-10)2-1-7(11)12;/h1-6H2,(H,11,12)(H2,8,13,14);1H. The van der Waals surface area contributed by atoms with Crippen molar-refractivity contribution >= 4 is 28.6 Å². The van der Waals surface area contributed by atoms with E-state index in [-0.39, 0.29) is 18.8 Å². The number of rotatable bonds is 4. The summed E-state index contributed by atoms with van der Waals surface area (Å²) in [6.45, 7) is 2.18. The van der Waals surface area contributed by atoms with Crippen molar-refractivity contribution in [2.45, 2.75) is 6.42 Å². The van der Waals surface area contributed by atoms with Crippen molar-refractivity contribution in [3.05, 3.63) is 0 Å². The lowest BCUT2D eigenvalue weighted by molar-refractivity contribution is -0.137. The minimum atomic E-state index is -3.59. The molecule has 0 radical (unpaired) electrons. The first kappa shape index (κ1) is 15.6. The SMILES string of the molecule is Cl.NS(=O)(=O)N1CCN(CCC(=O)O)CC1. The number of nitrogens with zero attached hydrogens (tertiary/aromatic N) is 2. The molecule has 0 bridgehead atoms. The Balaban J connectivity index is 0.00000225. The summed E-state index contributed by atoms with van der Waals surface area (Å²) in [7, 11) is -3.59. The van der Waals surface area contributed by atoms with Crippen molar-refractivity contribution in [2.24, 2.45) is 5.14 Å². The van der Waals surface area contributed by atoms with Crippen LogP contribution in [0.5, 0.6) is 0 Å². The number of nitrogens with two attached hydrogens (primary N) is 1. The third kappa shape index (κ3) is 5.08. The molecule has 0 aromatic rings. The number of piperazine rings is 1. The predicted molar refractivity (Wildman–Crippen MR) is 60.6 cm³/mol. The molecule has 0 unspecified atom stereocenters. The second-order valence-electron chi connectivity index (χ2n) is 3.43. The Labute approximate surface area is 101 Å². The van der Waals surface area contributed by atoms with Crippen molar-refractivity contribution in [1.29, 1.82) is 0 Å². The van der Waals surface area contributed by atoms with Gasteiger partial charge in [-0.05, 0) is 0 Å². The van der Waals surface area contributed by atoms with E-state index in [4.69, 9.17) is 10.2 Å². The van der Waals surface area contributed by atoms with Gasteiger partial charge in [0.2, 0.25) is 0 Å². The first-order valence-corrected chi connectivity index (χ1v) is 6.12. The topological polar surface area (TPSA) is 104 Å². The quantitative estimate of drug-likeness (QED) is 0.663. The molecule has 96 valence electrons. The van der Waals surface area contributed by atoms with Crippen LogP contribution >= 0.6 is 12.4 Å². The maximum absolute atomic E-state index is 11.0. The number of halogens is 1. The second-order valence-corrected chi connectivity index (χ2v) is 4.98. The molecule has 1 heterocycles. The summed E-state index contributed by atoms with van der Waals surface area (Å²) >= 11 is 0. The number of carboxylic acid groups (broad SMARTS) is 1. The zero-order valence-corrected chi connectivity index (χ0v) is 10.3. The molecular formula is C7H16ClN3O4S. The van der Waals surface area contributed by atoms with E-state index < -0.39 is 16.2 Å². The van der Waals surface area contributed by atoms with E-state index >= 15 is 0 Å². The Morgan fingerprint density at radius 3 is 2.12 bits per heavy atom. The van der Waals surface area contributed by atoms with Crippen LogP contribution in [-0.2, 0) is 15.0 Å². The van der Waals surface area contributed by atoms with Crippen molar-refractivity contribution in [2.75, 3.05) is 32.7 Å². The molecule has 0 aromatic carbocycles. The maximum atomic E-state index is 11.0. The highest BCUT2D eigenvalue weighted by molar-refractivity contribution is 7.86. The van der Waals surface area contributed by atoms with Crippen LogP contribution in [0.3, 0.4) is 0 Å². The summed E-state index contributed by atoms with van der Waals surface area (Å²) in [6, 6.07) is 0. The van der Waals surface area contributed by atoms with E-state index in [9.17, 15) is 13.2 Å². The normalized spacial score (nSPS) is 19.1. The number of carbonyl (C=O) groups is 1. The molecule has 0 spiro atoms. The molecule has 0 atom stereocenters. The first-order chi connectivity index (χ1) is 6.89. The van der Waals surface area contributed by atoms with E-state index in [0.717, 1.165) is 0 Å². The van der Waals surface area contributed by atoms with Gasteiger partial charge in [-0.25, -0.2) is 5.14 Å². The molecule has 0 saturated carbocycles. The van der Waals surface area contributed by atoms with Gasteiger partial charge in [0.1, 0.15) is 0 Å². The van der Waals surface area contributed by atoms with Gasteiger partial charge in [0.05, 0.1) is 6.42 Å². The molecule has 1 aliphatic rings. The summed E-state index contributed by atoms with van der Waals surface area (Å²) in [5.41, 5.74) is 0. The van der Waals surface area contributed by atoms with Crippen LogP contribution < -0.4 is 5.14 Å². The highest BCUT2D eigenvalue weighted by atomic mass is 35.5.